The number of amides is 2. The number of carbonyl (C=O) groups is 2. The van der Waals surface area contributed by atoms with E-state index in [4.69, 9.17) is 20.8 Å². The van der Waals surface area contributed by atoms with Crippen LogP contribution in [0.25, 0.3) is 0 Å². The van der Waals surface area contributed by atoms with Crippen molar-refractivity contribution in [3.63, 3.8) is 0 Å². The number of furan rings is 1. The van der Waals surface area contributed by atoms with Crippen molar-refractivity contribution in [2.75, 3.05) is 45.9 Å². The quantitative estimate of drug-likeness (QED) is 0.729. The molecule has 1 aromatic carbocycles. The molecule has 1 aliphatic heterocycles. The summed E-state index contributed by atoms with van der Waals surface area (Å²) >= 11 is 5.86. The molecule has 0 unspecified atom stereocenters. The van der Waals surface area contributed by atoms with E-state index in [-0.39, 0.29) is 24.0 Å². The monoisotopic (exact) mass is 405 g/mol. The molecule has 2 aromatic rings. The van der Waals surface area contributed by atoms with E-state index in [1.807, 2.05) is 17.0 Å². The molecule has 7 nitrogen and oxygen atoms in total. The van der Waals surface area contributed by atoms with Gasteiger partial charge >= 0.3 is 0 Å². The van der Waals surface area contributed by atoms with Gasteiger partial charge in [-0.3, -0.25) is 14.5 Å². The fourth-order valence-electron chi connectivity index (χ4n) is 2.98. The molecule has 8 heteroatoms. The van der Waals surface area contributed by atoms with Crippen LogP contribution in [0.1, 0.15) is 17.0 Å². The number of nitrogens with one attached hydrogen (secondary N) is 1. The number of carbonyl (C=O) groups excluding carboxylic acids is 2. The minimum Gasteiger partial charge on any atom is -0.492 e. The van der Waals surface area contributed by atoms with E-state index < -0.39 is 0 Å². The molecular formula is C20H24ClN3O4. The molecule has 2 amide bonds. The van der Waals surface area contributed by atoms with Crippen LogP contribution in [-0.2, 0) is 4.79 Å². The first kappa shape index (κ1) is 20.2. The number of halogens is 1. The predicted octanol–water partition coefficient (Wildman–Crippen LogP) is 2.28. The summed E-state index contributed by atoms with van der Waals surface area (Å²) in [4.78, 5) is 28.2. The topological polar surface area (TPSA) is 75.0 Å². The molecule has 0 saturated carbocycles. The standard InChI is InChI=1S/C20H24ClN3O4/c21-16-3-5-17(6-4-16)27-15-13-23-9-11-24(12-10-23)19(25)7-8-22-20(26)18-2-1-14-28-18/h1-6,14H,7-13,15H2,(H,22,26). The number of rotatable bonds is 8. The second-order valence-electron chi connectivity index (χ2n) is 6.51. The van der Waals surface area contributed by atoms with Gasteiger partial charge in [-0.1, -0.05) is 11.6 Å². The van der Waals surface area contributed by atoms with Crippen LogP contribution in [0.3, 0.4) is 0 Å². The summed E-state index contributed by atoms with van der Waals surface area (Å²) < 4.78 is 10.7. The summed E-state index contributed by atoms with van der Waals surface area (Å²) in [7, 11) is 0. The normalized spacial score (nSPS) is 14.7. The van der Waals surface area contributed by atoms with Gasteiger partial charge in [-0.05, 0) is 36.4 Å². The molecule has 150 valence electrons. The number of nitrogens with zero attached hydrogens (tertiary/aromatic N) is 2. The minimum atomic E-state index is -0.302. The number of benzene rings is 1. The zero-order valence-corrected chi connectivity index (χ0v) is 16.4. The zero-order chi connectivity index (χ0) is 19.8. The molecule has 0 spiro atoms. The van der Waals surface area contributed by atoms with Gasteiger partial charge in [-0.15, -0.1) is 0 Å². The molecular weight excluding hydrogens is 382 g/mol. The van der Waals surface area contributed by atoms with Crippen molar-refractivity contribution in [3.05, 3.63) is 53.4 Å². The Balaban J connectivity index is 1.29. The maximum atomic E-state index is 12.3. The molecule has 1 aromatic heterocycles. The van der Waals surface area contributed by atoms with Gasteiger partial charge in [-0.25, -0.2) is 0 Å². The van der Waals surface area contributed by atoms with Gasteiger partial charge in [0.05, 0.1) is 6.26 Å². The lowest BCUT2D eigenvalue weighted by atomic mass is 10.2. The minimum absolute atomic E-state index is 0.0526. The van der Waals surface area contributed by atoms with Gasteiger partial charge in [0.25, 0.3) is 5.91 Å². The second kappa shape index (κ2) is 10.1. The Hall–Kier alpha value is -2.51. The summed E-state index contributed by atoms with van der Waals surface area (Å²) in [6, 6.07) is 10.6. The van der Waals surface area contributed by atoms with Gasteiger partial charge in [-0.2, -0.15) is 0 Å². The Kier molecular flexibility index (Phi) is 7.33. The first-order valence-corrected chi connectivity index (χ1v) is 9.70. The molecule has 0 bridgehead atoms. The Morgan fingerprint density at radius 3 is 2.54 bits per heavy atom. The van der Waals surface area contributed by atoms with Crippen LogP contribution in [0.5, 0.6) is 5.75 Å². The summed E-state index contributed by atoms with van der Waals surface area (Å²) in [5, 5.41) is 3.38. The van der Waals surface area contributed by atoms with Crippen molar-refractivity contribution >= 4 is 23.4 Å². The zero-order valence-electron chi connectivity index (χ0n) is 15.6. The van der Waals surface area contributed by atoms with Gasteiger partial charge < -0.3 is 19.4 Å². The van der Waals surface area contributed by atoms with Crippen LogP contribution in [0.15, 0.2) is 47.1 Å². The molecule has 1 saturated heterocycles. The summed E-state index contributed by atoms with van der Waals surface area (Å²) in [5.41, 5.74) is 0. The smallest absolute Gasteiger partial charge is 0.286 e. The number of hydrogen-bond donors (Lipinski definition) is 1. The largest absolute Gasteiger partial charge is 0.492 e. The van der Waals surface area contributed by atoms with Crippen LogP contribution >= 0.6 is 11.6 Å². The molecule has 0 aliphatic carbocycles. The summed E-state index contributed by atoms with van der Waals surface area (Å²) in [5.74, 6) is 0.803. The summed E-state index contributed by atoms with van der Waals surface area (Å²) in [6.07, 6.45) is 1.73. The highest BCUT2D eigenvalue weighted by Crippen LogP contribution is 2.15. The Bertz CT molecular complexity index is 756. The predicted molar refractivity (Wildman–Crippen MR) is 106 cm³/mol. The van der Waals surface area contributed by atoms with E-state index >= 15 is 0 Å². The van der Waals surface area contributed by atoms with Crippen LogP contribution in [0.4, 0.5) is 0 Å². The highest BCUT2D eigenvalue weighted by Gasteiger charge is 2.21. The van der Waals surface area contributed by atoms with Crippen LogP contribution in [0, 0.1) is 0 Å². The number of hydrogen-bond acceptors (Lipinski definition) is 5. The van der Waals surface area contributed by atoms with Gasteiger partial charge in [0.15, 0.2) is 5.76 Å². The van der Waals surface area contributed by atoms with E-state index in [2.05, 4.69) is 10.2 Å². The van der Waals surface area contributed by atoms with E-state index in [1.165, 1.54) is 6.26 Å². The van der Waals surface area contributed by atoms with Crippen molar-refractivity contribution in [1.82, 2.24) is 15.1 Å². The van der Waals surface area contributed by atoms with E-state index in [9.17, 15) is 9.59 Å². The fourth-order valence-corrected chi connectivity index (χ4v) is 3.11. The van der Waals surface area contributed by atoms with Crippen LogP contribution in [0.2, 0.25) is 5.02 Å². The highest BCUT2D eigenvalue weighted by molar-refractivity contribution is 6.30. The third-order valence-corrected chi connectivity index (χ3v) is 4.84. The molecule has 3 rings (SSSR count). The molecule has 28 heavy (non-hydrogen) atoms. The van der Waals surface area contributed by atoms with Crippen molar-refractivity contribution < 1.29 is 18.7 Å². The lowest BCUT2D eigenvalue weighted by Gasteiger charge is -2.34. The van der Waals surface area contributed by atoms with Crippen molar-refractivity contribution in [3.8, 4) is 5.75 Å². The van der Waals surface area contributed by atoms with Gasteiger partial charge in [0.2, 0.25) is 5.91 Å². The van der Waals surface area contributed by atoms with E-state index in [1.54, 1.807) is 24.3 Å². The molecule has 1 N–H and O–H groups in total. The molecule has 0 atom stereocenters. The van der Waals surface area contributed by atoms with E-state index in [0.717, 1.165) is 25.4 Å². The molecule has 0 radical (unpaired) electrons. The SMILES string of the molecule is O=C(NCCC(=O)N1CCN(CCOc2ccc(Cl)cc2)CC1)c1ccco1. The fraction of sp³-hybridized carbons (Fsp3) is 0.400. The Morgan fingerprint density at radius 1 is 1.11 bits per heavy atom. The average molecular weight is 406 g/mol. The average Bonchev–Trinajstić information content (AvgIpc) is 3.25. The van der Waals surface area contributed by atoms with Gasteiger partial charge in [0, 0.05) is 50.7 Å². The number of piperazine rings is 1. The first-order valence-electron chi connectivity index (χ1n) is 9.32. The lowest BCUT2D eigenvalue weighted by Crippen LogP contribution is -2.50. The van der Waals surface area contributed by atoms with Crippen LogP contribution < -0.4 is 10.1 Å². The lowest BCUT2D eigenvalue weighted by molar-refractivity contribution is -0.132. The first-order chi connectivity index (χ1) is 13.6. The third-order valence-electron chi connectivity index (χ3n) is 4.58. The molecule has 2 heterocycles. The van der Waals surface area contributed by atoms with Crippen LogP contribution in [-0.4, -0.2) is 67.5 Å². The maximum Gasteiger partial charge on any atom is 0.286 e. The second-order valence-corrected chi connectivity index (χ2v) is 6.94. The van der Waals surface area contributed by atoms with Crippen molar-refractivity contribution in [2.45, 2.75) is 6.42 Å². The molecule has 1 fully saturated rings. The van der Waals surface area contributed by atoms with E-state index in [0.29, 0.717) is 31.3 Å². The highest BCUT2D eigenvalue weighted by atomic mass is 35.5. The van der Waals surface area contributed by atoms with Crippen molar-refractivity contribution in [2.24, 2.45) is 0 Å². The summed E-state index contributed by atoms with van der Waals surface area (Å²) in [6.45, 7) is 4.70. The Morgan fingerprint density at radius 2 is 1.86 bits per heavy atom. The van der Waals surface area contributed by atoms with Crippen molar-refractivity contribution in [1.29, 1.82) is 0 Å². The third kappa shape index (κ3) is 6.00. The number of ether oxygens (including phenoxy) is 1. The molecule has 1 aliphatic rings. The Labute approximate surface area is 169 Å². The maximum absolute atomic E-state index is 12.3. The van der Waals surface area contributed by atoms with Gasteiger partial charge in [0.1, 0.15) is 12.4 Å².